The zero-order chi connectivity index (χ0) is 40.9. The standard InChI is InChI=1S/C47H83NO8/c1-3-5-7-9-11-13-15-17-19-20-21-22-23-24-26-28-30-32-34-36-41(50)40(39-55-47-46(54)45(53)44(52)42(38-49)56-47)48-43(51)37-35-33-31-29-27-25-18-16-14-12-10-8-6-4-2/h10,12,16,18,21-22,26,28,34,36,40-42,44-47,49-50,52-54H,3-9,11,13-15,17,19-20,23-25,27,29-33,35,37-39H2,1-2H3,(H,48,51)/b12-10-,18-16-,22-21+,28-26+,36-34+. The van der Waals surface area contributed by atoms with Gasteiger partial charge in [0, 0.05) is 6.42 Å². The van der Waals surface area contributed by atoms with E-state index in [2.05, 4.69) is 67.8 Å². The molecule has 1 amide bonds. The topological polar surface area (TPSA) is 149 Å². The van der Waals surface area contributed by atoms with Gasteiger partial charge in [0.1, 0.15) is 24.4 Å². The molecule has 7 unspecified atom stereocenters. The molecule has 0 aromatic rings. The van der Waals surface area contributed by atoms with Gasteiger partial charge in [-0.3, -0.25) is 4.79 Å². The maximum Gasteiger partial charge on any atom is 0.220 e. The lowest BCUT2D eigenvalue weighted by molar-refractivity contribution is -0.302. The molecule has 6 N–H and O–H groups in total. The highest BCUT2D eigenvalue weighted by Crippen LogP contribution is 2.22. The largest absolute Gasteiger partial charge is 0.394 e. The summed E-state index contributed by atoms with van der Waals surface area (Å²) in [4.78, 5) is 12.9. The Bertz CT molecular complexity index is 1060. The van der Waals surface area contributed by atoms with Crippen molar-refractivity contribution in [2.75, 3.05) is 13.2 Å². The van der Waals surface area contributed by atoms with Gasteiger partial charge in [-0.2, -0.15) is 0 Å². The summed E-state index contributed by atoms with van der Waals surface area (Å²) in [6.45, 7) is 3.68. The Balaban J connectivity index is 2.43. The van der Waals surface area contributed by atoms with Crippen molar-refractivity contribution in [2.45, 2.75) is 217 Å². The second-order valence-electron chi connectivity index (χ2n) is 15.5. The predicted molar refractivity (Wildman–Crippen MR) is 230 cm³/mol. The summed E-state index contributed by atoms with van der Waals surface area (Å²) in [5, 5.41) is 54.1. The van der Waals surface area contributed by atoms with Crippen LogP contribution < -0.4 is 5.32 Å². The van der Waals surface area contributed by atoms with E-state index in [0.717, 1.165) is 83.5 Å². The van der Waals surface area contributed by atoms with E-state index in [1.54, 1.807) is 6.08 Å². The molecule has 56 heavy (non-hydrogen) atoms. The quantitative estimate of drug-likeness (QED) is 0.0272. The van der Waals surface area contributed by atoms with Crippen molar-refractivity contribution in [2.24, 2.45) is 0 Å². The maximum absolute atomic E-state index is 12.9. The van der Waals surface area contributed by atoms with Crippen LogP contribution in [-0.4, -0.2) is 87.5 Å². The minimum Gasteiger partial charge on any atom is -0.394 e. The van der Waals surface area contributed by atoms with Gasteiger partial charge in [0.05, 0.1) is 25.4 Å². The Labute approximate surface area is 341 Å². The van der Waals surface area contributed by atoms with Crippen molar-refractivity contribution in [1.82, 2.24) is 5.32 Å². The second-order valence-corrected chi connectivity index (χ2v) is 15.5. The first kappa shape index (κ1) is 51.9. The normalized spacial score (nSPS) is 21.7. The van der Waals surface area contributed by atoms with E-state index < -0.39 is 49.5 Å². The summed E-state index contributed by atoms with van der Waals surface area (Å²) in [5.74, 6) is -0.208. The van der Waals surface area contributed by atoms with Crippen LogP contribution in [0.2, 0.25) is 0 Å². The number of aliphatic hydroxyl groups is 5. The van der Waals surface area contributed by atoms with Gasteiger partial charge in [-0.15, -0.1) is 0 Å². The van der Waals surface area contributed by atoms with Crippen LogP contribution in [0.4, 0.5) is 0 Å². The molecule has 1 rings (SSSR count). The Morgan fingerprint density at radius 2 is 1.09 bits per heavy atom. The highest BCUT2D eigenvalue weighted by Gasteiger charge is 2.44. The second kappa shape index (κ2) is 37.2. The monoisotopic (exact) mass is 790 g/mol. The first-order valence-corrected chi connectivity index (χ1v) is 22.5. The summed E-state index contributed by atoms with van der Waals surface area (Å²) in [7, 11) is 0. The van der Waals surface area contributed by atoms with Crippen LogP contribution >= 0.6 is 0 Å². The van der Waals surface area contributed by atoms with Crippen LogP contribution in [0, 0.1) is 0 Å². The van der Waals surface area contributed by atoms with E-state index >= 15 is 0 Å². The third kappa shape index (κ3) is 27.5. The van der Waals surface area contributed by atoms with Gasteiger partial charge in [0.2, 0.25) is 5.91 Å². The SMILES string of the molecule is CCCC/C=C\C/C=C\CCCCCCCC(=O)NC(COC1OC(CO)C(O)C(O)C1O)C(O)/C=C/CC/C=C/CC/C=C/CCCCCCCCCCC. The molecule has 1 fully saturated rings. The molecule has 0 radical (unpaired) electrons. The number of carbonyl (C=O) groups is 1. The summed E-state index contributed by atoms with van der Waals surface area (Å²) in [6.07, 6.45) is 41.2. The first-order valence-electron chi connectivity index (χ1n) is 22.5. The third-order valence-electron chi connectivity index (χ3n) is 10.3. The summed E-state index contributed by atoms with van der Waals surface area (Å²) in [5.41, 5.74) is 0. The first-order chi connectivity index (χ1) is 27.3. The predicted octanol–water partition coefficient (Wildman–Crippen LogP) is 9.22. The van der Waals surface area contributed by atoms with Gasteiger partial charge in [0.15, 0.2) is 6.29 Å². The van der Waals surface area contributed by atoms with E-state index in [9.17, 15) is 30.3 Å². The Hall–Kier alpha value is -2.11. The number of nitrogens with one attached hydrogen (secondary N) is 1. The van der Waals surface area contributed by atoms with Crippen LogP contribution in [-0.2, 0) is 14.3 Å². The molecule has 0 aliphatic carbocycles. The van der Waals surface area contributed by atoms with Crippen molar-refractivity contribution < 1.29 is 39.8 Å². The molecule has 0 saturated carbocycles. The molecule has 324 valence electrons. The van der Waals surface area contributed by atoms with Crippen molar-refractivity contribution in [3.05, 3.63) is 60.8 Å². The molecule has 7 atom stereocenters. The fourth-order valence-electron chi connectivity index (χ4n) is 6.61. The fraction of sp³-hybridized carbons (Fsp3) is 0.766. The molecule has 1 aliphatic heterocycles. The van der Waals surface area contributed by atoms with E-state index in [1.165, 1.54) is 70.6 Å². The van der Waals surface area contributed by atoms with Crippen molar-refractivity contribution in [3.63, 3.8) is 0 Å². The van der Waals surface area contributed by atoms with Crippen molar-refractivity contribution >= 4 is 5.91 Å². The number of hydrogen-bond donors (Lipinski definition) is 6. The lowest BCUT2D eigenvalue weighted by Gasteiger charge is -2.40. The van der Waals surface area contributed by atoms with Crippen LogP contribution in [0.5, 0.6) is 0 Å². The number of amides is 1. The smallest absolute Gasteiger partial charge is 0.220 e. The van der Waals surface area contributed by atoms with Crippen LogP contribution in [0.15, 0.2) is 60.8 Å². The van der Waals surface area contributed by atoms with Crippen molar-refractivity contribution in [3.8, 4) is 0 Å². The summed E-state index contributed by atoms with van der Waals surface area (Å²) in [6, 6.07) is -0.836. The van der Waals surface area contributed by atoms with Gasteiger partial charge in [-0.1, -0.05) is 158 Å². The average Bonchev–Trinajstić information content (AvgIpc) is 3.20. The molecule has 9 heteroatoms. The number of hydrogen-bond acceptors (Lipinski definition) is 8. The van der Waals surface area contributed by atoms with Gasteiger partial charge in [0.25, 0.3) is 0 Å². The highest BCUT2D eigenvalue weighted by molar-refractivity contribution is 5.76. The lowest BCUT2D eigenvalue weighted by Crippen LogP contribution is -2.60. The molecule has 0 bridgehead atoms. The molecule has 0 aromatic carbocycles. The number of rotatable bonds is 36. The zero-order valence-corrected chi connectivity index (χ0v) is 35.4. The Morgan fingerprint density at radius 3 is 1.66 bits per heavy atom. The summed E-state index contributed by atoms with van der Waals surface area (Å²) < 4.78 is 11.2. The minimum atomic E-state index is -1.58. The molecule has 1 heterocycles. The van der Waals surface area contributed by atoms with E-state index in [-0.39, 0.29) is 12.5 Å². The van der Waals surface area contributed by atoms with E-state index in [0.29, 0.717) is 6.42 Å². The lowest BCUT2D eigenvalue weighted by atomic mass is 9.99. The fourth-order valence-corrected chi connectivity index (χ4v) is 6.61. The van der Waals surface area contributed by atoms with Gasteiger partial charge >= 0.3 is 0 Å². The number of allylic oxidation sites excluding steroid dienone is 9. The molecule has 1 aliphatic rings. The van der Waals surface area contributed by atoms with Gasteiger partial charge < -0.3 is 40.3 Å². The van der Waals surface area contributed by atoms with Crippen LogP contribution in [0.3, 0.4) is 0 Å². The highest BCUT2D eigenvalue weighted by atomic mass is 16.7. The third-order valence-corrected chi connectivity index (χ3v) is 10.3. The number of ether oxygens (including phenoxy) is 2. The molecule has 0 aromatic heterocycles. The number of unbranched alkanes of at least 4 members (excludes halogenated alkanes) is 18. The van der Waals surface area contributed by atoms with Crippen molar-refractivity contribution in [1.29, 1.82) is 0 Å². The van der Waals surface area contributed by atoms with Gasteiger partial charge in [-0.25, -0.2) is 0 Å². The Morgan fingerprint density at radius 1 is 0.607 bits per heavy atom. The number of aliphatic hydroxyl groups excluding tert-OH is 5. The molecule has 9 nitrogen and oxygen atoms in total. The molecule has 1 saturated heterocycles. The number of carbonyl (C=O) groups excluding carboxylic acids is 1. The van der Waals surface area contributed by atoms with Crippen LogP contribution in [0.25, 0.3) is 0 Å². The molecule has 0 spiro atoms. The maximum atomic E-state index is 12.9. The minimum absolute atomic E-state index is 0.208. The van der Waals surface area contributed by atoms with E-state index in [4.69, 9.17) is 9.47 Å². The molecular weight excluding hydrogens is 707 g/mol. The van der Waals surface area contributed by atoms with E-state index in [1.807, 2.05) is 6.08 Å². The van der Waals surface area contributed by atoms with Gasteiger partial charge in [-0.05, 0) is 70.6 Å². The average molecular weight is 790 g/mol. The zero-order valence-electron chi connectivity index (χ0n) is 35.4. The van der Waals surface area contributed by atoms with Crippen LogP contribution in [0.1, 0.15) is 174 Å². The summed E-state index contributed by atoms with van der Waals surface area (Å²) >= 11 is 0. The molecular formula is C47H83NO8. The Kier molecular flexibility index (Phi) is 34.5.